The van der Waals surface area contributed by atoms with E-state index < -0.39 is 97.2 Å². The minimum Gasteiger partial charge on any atom is -0.493 e. The van der Waals surface area contributed by atoms with Crippen LogP contribution in [0.1, 0.15) is 103 Å². The summed E-state index contributed by atoms with van der Waals surface area (Å²) in [7, 11) is 4.00. The molecule has 16 heteroatoms. The molecule has 5 fully saturated rings. The average Bonchev–Trinajstić information content (AvgIpc) is 3.51. The van der Waals surface area contributed by atoms with Crippen LogP contribution in [0.2, 0.25) is 0 Å². The van der Waals surface area contributed by atoms with Crippen molar-refractivity contribution < 1.29 is 77.8 Å². The van der Waals surface area contributed by atoms with Gasteiger partial charge in [-0.15, -0.1) is 0 Å². The number of carbonyl (C=O) groups is 3. The third-order valence-corrected chi connectivity index (χ3v) is 16.3. The lowest BCUT2D eigenvalue weighted by atomic mass is 9.46. The van der Waals surface area contributed by atoms with E-state index in [-0.39, 0.29) is 52.8 Å². The summed E-state index contributed by atoms with van der Waals surface area (Å²) in [4.78, 5) is 41.6. The highest BCUT2D eigenvalue weighted by Crippen LogP contribution is 2.69. The molecule has 0 bridgehead atoms. The second-order valence-corrected chi connectivity index (χ2v) is 20.0. The van der Waals surface area contributed by atoms with Gasteiger partial charge in [-0.25, -0.2) is 4.79 Å². The van der Waals surface area contributed by atoms with Crippen molar-refractivity contribution in [3.63, 3.8) is 0 Å². The number of benzene rings is 1. The zero-order valence-corrected chi connectivity index (χ0v) is 38.5. The maximum absolute atomic E-state index is 14.2. The molecular weight excluding hydrogens is 833 g/mol. The molecule has 17 atom stereocenters. The lowest BCUT2D eigenvalue weighted by Gasteiger charge is -2.59. The predicted molar refractivity (Wildman–Crippen MR) is 228 cm³/mol. The second kappa shape index (κ2) is 19.2. The molecule has 0 aromatic heterocycles. The maximum atomic E-state index is 14.2. The standard InChI is InChI=1S/C48H70O16/c1-24(2)9-13-32(50)25(3)48(56)37(21-31-29-12-11-27-20-28(49)15-17-46(27,4)30(29)16-18-47(31,48)5)62-44-38(43(55)59-8)40(34(52)23-60-44)64-45-41(39(53)33(51)22-61-45)63-42(54)26-10-14-35(57-6)36(19-26)58-7/h10-11,14,19,24-25,28-31,33-34,37-41,44-45,49,51-53,56H,9,12-13,15-18,20-23H2,1-8H3/t25-,28+,29?,30?,31?,33-,34+,37+,38+,39+,40+,41-,44+,45+,46+,47+,48-/m1/s1. The number of Topliss-reactive ketones (excluding diaryl/α,β-unsaturated/α-hetero) is 1. The Morgan fingerprint density at radius 3 is 2.25 bits per heavy atom. The molecule has 64 heavy (non-hydrogen) atoms. The first kappa shape index (κ1) is 48.7. The fourth-order valence-electron chi connectivity index (χ4n) is 12.4. The number of ketones is 1. The van der Waals surface area contributed by atoms with Gasteiger partial charge in [0.1, 0.15) is 41.7 Å². The Balaban J connectivity index is 1.19. The Morgan fingerprint density at radius 2 is 1.56 bits per heavy atom. The van der Waals surface area contributed by atoms with E-state index in [2.05, 4.69) is 33.8 Å². The monoisotopic (exact) mass is 902 g/mol. The van der Waals surface area contributed by atoms with Crippen LogP contribution in [0.3, 0.4) is 0 Å². The van der Waals surface area contributed by atoms with Gasteiger partial charge < -0.3 is 63.4 Å². The number of fused-ring (bicyclic) bond motifs is 5. The van der Waals surface area contributed by atoms with Gasteiger partial charge in [0.25, 0.3) is 0 Å². The van der Waals surface area contributed by atoms with Crippen LogP contribution in [-0.4, -0.2) is 139 Å². The van der Waals surface area contributed by atoms with Crippen molar-refractivity contribution >= 4 is 17.7 Å². The highest BCUT2D eigenvalue weighted by Gasteiger charge is 2.70. The molecule has 6 aliphatic rings. The summed E-state index contributed by atoms with van der Waals surface area (Å²) in [6, 6.07) is 4.30. The number of hydrogen-bond donors (Lipinski definition) is 5. The number of hydrogen-bond acceptors (Lipinski definition) is 16. The van der Waals surface area contributed by atoms with Crippen molar-refractivity contribution in [2.75, 3.05) is 34.5 Å². The molecule has 16 nitrogen and oxygen atoms in total. The highest BCUT2D eigenvalue weighted by atomic mass is 16.7. The highest BCUT2D eigenvalue weighted by molar-refractivity contribution is 5.90. The third-order valence-electron chi connectivity index (χ3n) is 16.3. The van der Waals surface area contributed by atoms with Crippen molar-refractivity contribution in [3.05, 3.63) is 35.4 Å². The maximum Gasteiger partial charge on any atom is 0.338 e. The number of aliphatic hydroxyl groups is 5. The summed E-state index contributed by atoms with van der Waals surface area (Å²) in [6.45, 7) is 9.44. The molecular formula is C48H70O16. The summed E-state index contributed by atoms with van der Waals surface area (Å²) >= 11 is 0. The van der Waals surface area contributed by atoms with E-state index in [9.17, 15) is 39.9 Å². The predicted octanol–water partition coefficient (Wildman–Crippen LogP) is 3.89. The van der Waals surface area contributed by atoms with Crippen LogP contribution in [-0.2, 0) is 38.0 Å². The number of rotatable bonds is 14. The van der Waals surface area contributed by atoms with Crippen LogP contribution in [0, 0.1) is 46.3 Å². The minimum absolute atomic E-state index is 0.0218. The second-order valence-electron chi connectivity index (χ2n) is 20.0. The number of esters is 2. The van der Waals surface area contributed by atoms with Gasteiger partial charge in [-0.1, -0.05) is 46.3 Å². The van der Waals surface area contributed by atoms with Gasteiger partial charge in [0.05, 0.1) is 52.3 Å². The fourth-order valence-corrected chi connectivity index (χ4v) is 12.4. The van der Waals surface area contributed by atoms with Gasteiger partial charge >= 0.3 is 11.9 Å². The summed E-state index contributed by atoms with van der Waals surface area (Å²) in [5.41, 5.74) is -1.24. The smallest absolute Gasteiger partial charge is 0.338 e. The van der Waals surface area contributed by atoms with Gasteiger partial charge in [-0.3, -0.25) is 9.59 Å². The van der Waals surface area contributed by atoms with Crippen LogP contribution < -0.4 is 9.47 Å². The Labute approximate surface area is 375 Å². The lowest BCUT2D eigenvalue weighted by Crippen LogP contribution is -2.63. The van der Waals surface area contributed by atoms with Gasteiger partial charge in [-0.2, -0.15) is 0 Å². The fraction of sp³-hybridized carbons (Fsp3) is 0.771. The summed E-state index contributed by atoms with van der Waals surface area (Å²) < 4.78 is 46.6. The molecule has 1 aromatic rings. The van der Waals surface area contributed by atoms with Crippen LogP contribution in [0.5, 0.6) is 11.5 Å². The van der Waals surface area contributed by atoms with E-state index in [0.29, 0.717) is 37.4 Å². The Morgan fingerprint density at radius 1 is 0.859 bits per heavy atom. The van der Waals surface area contributed by atoms with E-state index >= 15 is 0 Å². The van der Waals surface area contributed by atoms with Gasteiger partial charge in [-0.05, 0) is 98.7 Å². The van der Waals surface area contributed by atoms with E-state index in [0.717, 1.165) is 32.8 Å². The normalized spacial score (nSPS) is 41.2. The van der Waals surface area contributed by atoms with E-state index in [1.54, 1.807) is 6.92 Å². The molecule has 5 N–H and O–H groups in total. The van der Waals surface area contributed by atoms with E-state index in [1.165, 1.54) is 38.0 Å². The number of carbonyl (C=O) groups excluding carboxylic acids is 3. The molecule has 3 unspecified atom stereocenters. The largest absolute Gasteiger partial charge is 0.493 e. The number of aliphatic hydroxyl groups excluding tert-OH is 4. The molecule has 358 valence electrons. The zero-order chi connectivity index (χ0) is 46.5. The number of methoxy groups -OCH3 is 3. The molecule has 3 saturated carbocycles. The lowest BCUT2D eigenvalue weighted by molar-refractivity contribution is -0.332. The third kappa shape index (κ3) is 8.64. The summed E-state index contributed by atoms with van der Waals surface area (Å²) in [5, 5.41) is 57.3. The first-order valence-electron chi connectivity index (χ1n) is 23.0. The number of ether oxygens (including phenoxy) is 8. The average molecular weight is 903 g/mol. The summed E-state index contributed by atoms with van der Waals surface area (Å²) in [5.74, 6) is -3.00. The van der Waals surface area contributed by atoms with Crippen molar-refractivity contribution in [1.29, 1.82) is 0 Å². The molecule has 7 rings (SSSR count). The van der Waals surface area contributed by atoms with Crippen molar-refractivity contribution in [1.82, 2.24) is 0 Å². The quantitative estimate of drug-likeness (QED) is 0.132. The topological polar surface area (TPSA) is 226 Å². The van der Waals surface area contributed by atoms with Crippen LogP contribution in [0.15, 0.2) is 29.8 Å². The Hall–Kier alpha value is -3.19. The van der Waals surface area contributed by atoms with Crippen LogP contribution >= 0.6 is 0 Å². The molecule has 2 heterocycles. The molecule has 1 aromatic carbocycles. The van der Waals surface area contributed by atoms with E-state index in [4.69, 9.17) is 37.9 Å². The van der Waals surface area contributed by atoms with Gasteiger partial charge in [0, 0.05) is 17.8 Å². The molecule has 0 spiro atoms. The molecule has 2 saturated heterocycles. The molecule has 0 radical (unpaired) electrons. The first-order valence-corrected chi connectivity index (χ1v) is 23.0. The van der Waals surface area contributed by atoms with Crippen molar-refractivity contribution in [2.45, 2.75) is 153 Å². The Bertz CT molecular complexity index is 1890. The SMILES string of the molecule is COC(=O)[C@H]1[C@H](O[C@H]2CC3C4CC=C5C[C@@H](O)CC[C@]5(C)C4CC[C@]3(C)[C@@]2(O)[C@H](C)C(=O)CCC(C)C)OC[C@H](O)[C@@H]1O[C@@H]1OC[C@@H](O)[C@H](O)[C@H]1OC(=O)c1ccc(OC)c(OC)c1. The van der Waals surface area contributed by atoms with Gasteiger partial charge in [0.2, 0.25) is 0 Å². The van der Waals surface area contributed by atoms with Gasteiger partial charge in [0.15, 0.2) is 30.2 Å². The molecule has 2 aliphatic heterocycles. The van der Waals surface area contributed by atoms with Crippen LogP contribution in [0.25, 0.3) is 0 Å². The summed E-state index contributed by atoms with van der Waals surface area (Å²) in [6.07, 6.45) is -4.16. The number of allylic oxidation sites excluding steroid dienone is 1. The van der Waals surface area contributed by atoms with Crippen LogP contribution in [0.4, 0.5) is 0 Å². The molecule has 0 amide bonds. The molecule has 4 aliphatic carbocycles. The zero-order valence-electron chi connectivity index (χ0n) is 38.5. The minimum atomic E-state index is -1.70. The van der Waals surface area contributed by atoms with Crippen molar-refractivity contribution in [2.24, 2.45) is 46.3 Å². The first-order chi connectivity index (χ1) is 30.3. The Kier molecular flexibility index (Phi) is 14.6. The van der Waals surface area contributed by atoms with E-state index in [1.807, 2.05) is 0 Å². The van der Waals surface area contributed by atoms with Crippen molar-refractivity contribution in [3.8, 4) is 11.5 Å².